The summed E-state index contributed by atoms with van der Waals surface area (Å²) in [5.74, 6) is 0. The molecule has 0 saturated carbocycles. The first kappa shape index (κ1) is 17.5. The van der Waals surface area contributed by atoms with E-state index >= 15 is 0 Å². The fraction of sp³-hybridized carbons (Fsp3) is 0.185. The van der Waals surface area contributed by atoms with Gasteiger partial charge in [-0.2, -0.15) is 0 Å². The van der Waals surface area contributed by atoms with Crippen molar-refractivity contribution in [2.75, 3.05) is 0 Å². The number of rotatable bonds is 4. The summed E-state index contributed by atoms with van der Waals surface area (Å²) in [5, 5.41) is 0. The van der Waals surface area contributed by atoms with E-state index in [1.165, 1.54) is 16.7 Å². The number of hydrogen-bond acceptors (Lipinski definition) is 0. The van der Waals surface area contributed by atoms with Crippen molar-refractivity contribution in [3.63, 3.8) is 0 Å². The molecule has 0 heteroatoms. The molecule has 2 aromatic rings. The molecule has 0 amide bonds. The number of benzene rings is 2. The second kappa shape index (κ2) is 7.40. The summed E-state index contributed by atoms with van der Waals surface area (Å²) in [7, 11) is 0. The Morgan fingerprint density at radius 1 is 0.667 bits per heavy atom. The maximum absolute atomic E-state index is 2.40. The van der Waals surface area contributed by atoms with E-state index in [0.717, 1.165) is 12.8 Å². The lowest BCUT2D eigenvalue weighted by molar-refractivity contribution is 0.499. The fourth-order valence-corrected chi connectivity index (χ4v) is 4.76. The molecule has 0 spiro atoms. The molecule has 0 heterocycles. The van der Waals surface area contributed by atoms with E-state index in [2.05, 4.69) is 122 Å². The molecule has 0 aromatic heterocycles. The molecular weight excluding hydrogens is 324 g/mol. The van der Waals surface area contributed by atoms with Gasteiger partial charge in [-0.15, -0.1) is 0 Å². The first-order valence-corrected chi connectivity index (χ1v) is 9.79. The van der Waals surface area contributed by atoms with Gasteiger partial charge in [0.05, 0.1) is 0 Å². The zero-order valence-electron chi connectivity index (χ0n) is 15.9. The van der Waals surface area contributed by atoms with Gasteiger partial charge in [0, 0.05) is 10.8 Å². The molecular formula is C27H26. The van der Waals surface area contributed by atoms with Crippen molar-refractivity contribution in [3.8, 4) is 0 Å². The predicted molar refractivity (Wildman–Crippen MR) is 116 cm³/mol. The van der Waals surface area contributed by atoms with Gasteiger partial charge in [-0.1, -0.05) is 115 Å². The number of hydrogen-bond donors (Lipinski definition) is 0. The van der Waals surface area contributed by atoms with Crippen LogP contribution in [0.15, 0.2) is 121 Å². The fourth-order valence-electron chi connectivity index (χ4n) is 4.76. The van der Waals surface area contributed by atoms with E-state index in [4.69, 9.17) is 0 Å². The Balaban J connectivity index is 1.95. The highest BCUT2D eigenvalue weighted by Gasteiger charge is 2.44. The van der Waals surface area contributed by atoms with E-state index in [0.29, 0.717) is 0 Å². The third-order valence-electron chi connectivity index (χ3n) is 5.96. The van der Waals surface area contributed by atoms with Crippen molar-refractivity contribution in [1.29, 1.82) is 0 Å². The van der Waals surface area contributed by atoms with Gasteiger partial charge in [0.1, 0.15) is 0 Å². The highest BCUT2D eigenvalue weighted by molar-refractivity contribution is 5.56. The van der Waals surface area contributed by atoms with Gasteiger partial charge in [-0.3, -0.25) is 0 Å². The van der Waals surface area contributed by atoms with Crippen LogP contribution in [0.4, 0.5) is 0 Å². The average Bonchev–Trinajstić information content (AvgIpc) is 2.77. The van der Waals surface area contributed by atoms with Crippen LogP contribution in [0.5, 0.6) is 0 Å². The van der Waals surface area contributed by atoms with E-state index in [-0.39, 0.29) is 10.8 Å². The molecule has 0 saturated heterocycles. The Hall–Kier alpha value is -2.86. The van der Waals surface area contributed by atoms with Crippen LogP contribution in [0.1, 0.15) is 30.9 Å². The van der Waals surface area contributed by atoms with Crippen LogP contribution in [-0.4, -0.2) is 0 Å². The van der Waals surface area contributed by atoms with Crippen molar-refractivity contribution >= 4 is 0 Å². The molecule has 0 fully saturated rings. The summed E-state index contributed by atoms with van der Waals surface area (Å²) in [4.78, 5) is 0. The van der Waals surface area contributed by atoms with Gasteiger partial charge in [0.15, 0.2) is 0 Å². The highest BCUT2D eigenvalue weighted by atomic mass is 14.5. The molecule has 2 aliphatic carbocycles. The van der Waals surface area contributed by atoms with Crippen molar-refractivity contribution in [3.05, 3.63) is 132 Å². The molecule has 134 valence electrons. The van der Waals surface area contributed by atoms with E-state index < -0.39 is 0 Å². The van der Waals surface area contributed by atoms with Crippen LogP contribution in [0.3, 0.4) is 0 Å². The summed E-state index contributed by atoms with van der Waals surface area (Å²) >= 11 is 0. The minimum Gasteiger partial charge on any atom is -0.0860 e. The minimum absolute atomic E-state index is 0.129. The van der Waals surface area contributed by atoms with Crippen LogP contribution in [0.2, 0.25) is 0 Å². The summed E-state index contributed by atoms with van der Waals surface area (Å²) < 4.78 is 0. The first-order chi connectivity index (χ1) is 13.3. The molecule has 4 rings (SSSR count). The lowest BCUT2D eigenvalue weighted by atomic mass is 9.57. The molecule has 0 N–H and O–H groups in total. The molecule has 2 unspecified atom stereocenters. The normalized spacial score (nSPS) is 26.1. The molecule has 2 aliphatic rings. The Morgan fingerprint density at radius 3 is 1.44 bits per heavy atom. The Morgan fingerprint density at radius 2 is 1.11 bits per heavy atom. The Bertz CT molecular complexity index is 849. The van der Waals surface area contributed by atoms with Crippen molar-refractivity contribution in [2.24, 2.45) is 0 Å². The summed E-state index contributed by atoms with van der Waals surface area (Å²) in [5.41, 5.74) is 3.91. The smallest absolute Gasteiger partial charge is 0.0390 e. The first-order valence-electron chi connectivity index (χ1n) is 9.79. The van der Waals surface area contributed by atoms with Gasteiger partial charge in [-0.05, 0) is 36.5 Å². The minimum atomic E-state index is -0.129. The highest BCUT2D eigenvalue weighted by Crippen LogP contribution is 2.51. The van der Waals surface area contributed by atoms with Crippen LogP contribution in [0.25, 0.3) is 0 Å². The van der Waals surface area contributed by atoms with E-state index in [1.807, 2.05) is 0 Å². The molecule has 2 aromatic carbocycles. The summed E-state index contributed by atoms with van der Waals surface area (Å²) in [6.07, 6.45) is 22.5. The zero-order chi connectivity index (χ0) is 18.6. The van der Waals surface area contributed by atoms with Crippen LogP contribution >= 0.6 is 0 Å². The largest absolute Gasteiger partial charge is 0.0860 e. The van der Waals surface area contributed by atoms with Crippen molar-refractivity contribution in [1.82, 2.24) is 0 Å². The van der Waals surface area contributed by atoms with Gasteiger partial charge in [-0.25, -0.2) is 0 Å². The van der Waals surface area contributed by atoms with E-state index in [1.54, 1.807) is 0 Å². The van der Waals surface area contributed by atoms with Crippen LogP contribution in [-0.2, 0) is 10.8 Å². The summed E-state index contributed by atoms with van der Waals surface area (Å²) in [6.45, 7) is 2.20. The van der Waals surface area contributed by atoms with Gasteiger partial charge in [0.25, 0.3) is 0 Å². The van der Waals surface area contributed by atoms with Gasteiger partial charge < -0.3 is 0 Å². The Kier molecular flexibility index (Phi) is 4.81. The second-order valence-electron chi connectivity index (χ2n) is 7.36. The topological polar surface area (TPSA) is 0 Å². The standard InChI is InChI=1S/C27H26/c1-2-25(26(19-11-5-12-20-26)23-15-7-3-8-16-23)27(21-13-6-14-22-27)24-17-9-4-10-18-24/h2-19,21H,20,22H2,1H3. The molecule has 2 atom stereocenters. The lowest BCUT2D eigenvalue weighted by Gasteiger charge is -2.46. The number of allylic oxidation sites excluding steroid dienone is 10. The molecule has 0 nitrogen and oxygen atoms in total. The molecule has 27 heavy (non-hydrogen) atoms. The molecule has 0 radical (unpaired) electrons. The maximum atomic E-state index is 2.40. The molecule has 0 aliphatic heterocycles. The van der Waals surface area contributed by atoms with Crippen LogP contribution < -0.4 is 0 Å². The monoisotopic (exact) mass is 350 g/mol. The second-order valence-corrected chi connectivity index (χ2v) is 7.36. The summed E-state index contributed by atoms with van der Waals surface area (Å²) in [6, 6.07) is 21.9. The van der Waals surface area contributed by atoms with Crippen LogP contribution in [0, 0.1) is 0 Å². The van der Waals surface area contributed by atoms with Gasteiger partial charge in [0.2, 0.25) is 0 Å². The predicted octanol–water partition coefficient (Wildman–Crippen LogP) is 6.84. The van der Waals surface area contributed by atoms with E-state index in [9.17, 15) is 0 Å². The van der Waals surface area contributed by atoms with Crippen molar-refractivity contribution < 1.29 is 0 Å². The quantitative estimate of drug-likeness (QED) is 0.529. The SMILES string of the molecule is CC=C(C1(c2ccccc2)C=CC=CC1)C1(c2ccccc2)C=CC=CC1. The average molecular weight is 351 g/mol. The van der Waals surface area contributed by atoms with Crippen molar-refractivity contribution in [2.45, 2.75) is 30.6 Å². The maximum Gasteiger partial charge on any atom is 0.0390 e. The lowest BCUT2D eigenvalue weighted by Crippen LogP contribution is -2.40. The third kappa shape index (κ3) is 2.96. The Labute approximate surface area is 163 Å². The third-order valence-corrected chi connectivity index (χ3v) is 5.96. The zero-order valence-corrected chi connectivity index (χ0v) is 15.9. The molecule has 0 bridgehead atoms. The van der Waals surface area contributed by atoms with Gasteiger partial charge >= 0.3 is 0 Å².